The van der Waals surface area contributed by atoms with E-state index in [1.807, 2.05) is 61.5 Å². The highest BCUT2D eigenvalue weighted by Crippen LogP contribution is 2.36. The van der Waals surface area contributed by atoms with Crippen LogP contribution in [-0.2, 0) is 20.8 Å². The van der Waals surface area contributed by atoms with Crippen LogP contribution in [0.1, 0.15) is 57.6 Å². The van der Waals surface area contributed by atoms with Crippen LogP contribution in [0.25, 0.3) is 6.08 Å². The van der Waals surface area contributed by atoms with Crippen molar-refractivity contribution in [1.29, 1.82) is 0 Å². The number of carbonyl (C=O) groups is 3. The van der Waals surface area contributed by atoms with Crippen LogP contribution in [0.3, 0.4) is 0 Å². The number of nitrogens with two attached hydrogens (primary N) is 1. The molecule has 2 heterocycles. The number of likely N-dealkylation sites (tertiary alicyclic amines) is 1. The van der Waals surface area contributed by atoms with Gasteiger partial charge in [-0.3, -0.25) is 14.4 Å². The molecule has 8 nitrogen and oxygen atoms in total. The molecule has 3 atom stereocenters. The highest BCUT2D eigenvalue weighted by Gasteiger charge is 2.46. The zero-order valence-corrected chi connectivity index (χ0v) is 24.9. The molecule has 2 amide bonds. The Morgan fingerprint density at radius 1 is 1.12 bits per heavy atom. The third-order valence-corrected chi connectivity index (χ3v) is 8.09. The molecule has 2 aliphatic heterocycles. The number of nitrogens with one attached hydrogen (secondary N) is 1. The van der Waals surface area contributed by atoms with E-state index in [0.29, 0.717) is 45.3 Å². The molecule has 2 aromatic carbocycles. The average Bonchev–Trinajstić information content (AvgIpc) is 3.15. The first-order chi connectivity index (χ1) is 19.0. The summed E-state index contributed by atoms with van der Waals surface area (Å²) in [5.74, 6) is -1.15. The van der Waals surface area contributed by atoms with Crippen LogP contribution in [0.15, 0.2) is 60.2 Å². The van der Waals surface area contributed by atoms with Gasteiger partial charge in [0.25, 0.3) is 0 Å². The number of halogens is 1. The number of benzene rings is 2. The summed E-state index contributed by atoms with van der Waals surface area (Å²) in [6.45, 7) is 6.18. The average molecular weight is 584 g/mol. The maximum atomic E-state index is 14.3. The fraction of sp³-hybridized carbons (Fsp3) is 0.469. The quantitative estimate of drug-likeness (QED) is 0.401. The van der Waals surface area contributed by atoms with Crippen LogP contribution in [-0.4, -0.2) is 59.1 Å². The van der Waals surface area contributed by atoms with E-state index < -0.39 is 28.9 Å². The number of carboxylic acid groups (broad SMARTS) is 1. The van der Waals surface area contributed by atoms with Gasteiger partial charge in [-0.25, -0.2) is 0 Å². The predicted molar refractivity (Wildman–Crippen MR) is 162 cm³/mol. The van der Waals surface area contributed by atoms with Gasteiger partial charge in [-0.15, -0.1) is 12.4 Å². The zero-order valence-electron chi connectivity index (χ0n) is 24.1. The van der Waals surface area contributed by atoms with Gasteiger partial charge in [0, 0.05) is 31.0 Å². The number of rotatable bonds is 9. The third kappa shape index (κ3) is 7.49. The molecule has 0 aromatic heterocycles. The Morgan fingerprint density at radius 2 is 1.80 bits per heavy atom. The lowest BCUT2D eigenvalue weighted by molar-refractivity contribution is -0.156. The van der Waals surface area contributed by atoms with E-state index in [9.17, 15) is 19.5 Å². The van der Waals surface area contributed by atoms with Crippen molar-refractivity contribution in [2.75, 3.05) is 19.7 Å². The molecular weight excluding hydrogens is 542 g/mol. The van der Waals surface area contributed by atoms with E-state index in [0.717, 1.165) is 22.4 Å². The molecular formula is C32H42ClN3O5. The minimum Gasteiger partial charge on any atom is -0.493 e. The van der Waals surface area contributed by atoms with Gasteiger partial charge < -0.3 is 25.8 Å². The smallest absolute Gasteiger partial charge is 0.311 e. The van der Waals surface area contributed by atoms with Gasteiger partial charge in [-0.2, -0.15) is 0 Å². The minimum absolute atomic E-state index is 0. The van der Waals surface area contributed by atoms with Gasteiger partial charge in [0.15, 0.2) is 0 Å². The SMILES string of the molecule is CCC(C1=Cc2ccccc2OCC1)[C@@H](NC(=O)C(C)(C)N)C(=O)N1CCCC(Cc2ccccc2)(C(=O)O)C1.Cl. The normalized spacial score (nSPS) is 20.2. The topological polar surface area (TPSA) is 122 Å². The predicted octanol–water partition coefficient (Wildman–Crippen LogP) is 4.46. The van der Waals surface area contributed by atoms with Gasteiger partial charge in [0.2, 0.25) is 11.8 Å². The van der Waals surface area contributed by atoms with Crippen molar-refractivity contribution in [2.24, 2.45) is 17.1 Å². The lowest BCUT2D eigenvalue weighted by Crippen LogP contribution is -2.61. The fourth-order valence-corrected chi connectivity index (χ4v) is 5.85. The van der Waals surface area contributed by atoms with E-state index in [1.165, 1.54) is 0 Å². The van der Waals surface area contributed by atoms with Gasteiger partial charge in [-0.05, 0) is 51.2 Å². The number of amides is 2. The Hall–Kier alpha value is -3.36. The zero-order chi connectivity index (χ0) is 28.9. The standard InChI is InChI=1S/C32H41N3O5.ClH/c1-4-25(23-15-18-40-26-14-9-8-13-24(26)19-23)27(34-29(37)31(2,3)33)28(36)35-17-10-16-32(21-35,30(38)39)20-22-11-6-5-7-12-22;/h5-9,11-14,19,25,27H,4,10,15-18,20-21,33H2,1-3H3,(H,34,37)(H,38,39);1H/t25?,27-,32?;/m1./s1. The first-order valence-electron chi connectivity index (χ1n) is 14.1. The van der Waals surface area contributed by atoms with Crippen molar-refractivity contribution in [3.63, 3.8) is 0 Å². The second kappa shape index (κ2) is 13.5. The summed E-state index contributed by atoms with van der Waals surface area (Å²) in [5, 5.41) is 13.3. The van der Waals surface area contributed by atoms with Crippen molar-refractivity contribution in [2.45, 2.75) is 64.5 Å². The number of fused-ring (bicyclic) bond motifs is 1. The summed E-state index contributed by atoms with van der Waals surface area (Å²) in [7, 11) is 0. The van der Waals surface area contributed by atoms with Gasteiger partial charge in [-0.1, -0.05) is 67.1 Å². The number of carboxylic acids is 1. The van der Waals surface area contributed by atoms with Crippen LogP contribution >= 0.6 is 12.4 Å². The second-order valence-electron chi connectivity index (χ2n) is 11.7. The minimum atomic E-state index is -1.19. The maximum absolute atomic E-state index is 14.3. The van der Waals surface area contributed by atoms with Crippen molar-refractivity contribution < 1.29 is 24.2 Å². The lowest BCUT2D eigenvalue weighted by Gasteiger charge is -2.42. The number of para-hydroxylation sites is 1. The molecule has 2 aromatic rings. The highest BCUT2D eigenvalue weighted by atomic mass is 35.5. The van der Waals surface area contributed by atoms with Crippen LogP contribution < -0.4 is 15.8 Å². The molecule has 0 spiro atoms. The molecule has 0 radical (unpaired) electrons. The van der Waals surface area contributed by atoms with Gasteiger partial charge in [0.1, 0.15) is 11.8 Å². The van der Waals surface area contributed by atoms with E-state index in [4.69, 9.17) is 10.5 Å². The Labute approximate surface area is 248 Å². The molecule has 4 N–H and O–H groups in total. The molecule has 0 saturated carbocycles. The molecule has 0 bridgehead atoms. The van der Waals surface area contributed by atoms with Crippen LogP contribution in [0.5, 0.6) is 5.75 Å². The molecule has 2 unspecified atom stereocenters. The van der Waals surface area contributed by atoms with Crippen molar-refractivity contribution in [1.82, 2.24) is 10.2 Å². The van der Waals surface area contributed by atoms with Crippen molar-refractivity contribution in [3.05, 3.63) is 71.3 Å². The number of aliphatic carboxylic acids is 1. The molecule has 1 fully saturated rings. The maximum Gasteiger partial charge on any atom is 0.311 e. The monoisotopic (exact) mass is 583 g/mol. The van der Waals surface area contributed by atoms with E-state index in [2.05, 4.69) is 11.4 Å². The summed E-state index contributed by atoms with van der Waals surface area (Å²) < 4.78 is 5.96. The summed E-state index contributed by atoms with van der Waals surface area (Å²) in [4.78, 5) is 41.8. The van der Waals surface area contributed by atoms with Gasteiger partial charge >= 0.3 is 5.97 Å². The Morgan fingerprint density at radius 3 is 2.46 bits per heavy atom. The Bertz CT molecular complexity index is 1260. The number of nitrogens with zero attached hydrogens (tertiary/aromatic N) is 1. The summed E-state index contributed by atoms with van der Waals surface area (Å²) in [6, 6.07) is 16.4. The highest BCUT2D eigenvalue weighted by molar-refractivity contribution is 5.92. The fourth-order valence-electron chi connectivity index (χ4n) is 5.85. The molecule has 9 heteroatoms. The number of ether oxygens (including phenoxy) is 1. The molecule has 222 valence electrons. The molecule has 2 aliphatic rings. The molecule has 0 aliphatic carbocycles. The van der Waals surface area contributed by atoms with E-state index in [-0.39, 0.29) is 30.8 Å². The number of hydrogen-bond donors (Lipinski definition) is 3. The lowest BCUT2D eigenvalue weighted by atomic mass is 9.74. The molecule has 1 saturated heterocycles. The number of carbonyl (C=O) groups excluding carboxylic acids is 2. The Kier molecular flexibility index (Phi) is 10.6. The summed E-state index contributed by atoms with van der Waals surface area (Å²) in [5.41, 5.74) is 6.69. The third-order valence-electron chi connectivity index (χ3n) is 8.09. The van der Waals surface area contributed by atoms with Crippen LogP contribution in [0, 0.1) is 11.3 Å². The van der Waals surface area contributed by atoms with Crippen molar-refractivity contribution >= 4 is 36.3 Å². The first-order valence-corrected chi connectivity index (χ1v) is 14.1. The summed E-state index contributed by atoms with van der Waals surface area (Å²) in [6.07, 6.45) is 4.63. The number of hydrogen-bond acceptors (Lipinski definition) is 5. The van der Waals surface area contributed by atoms with Gasteiger partial charge in [0.05, 0.1) is 17.6 Å². The molecule has 41 heavy (non-hydrogen) atoms. The second-order valence-corrected chi connectivity index (χ2v) is 11.7. The van der Waals surface area contributed by atoms with Crippen molar-refractivity contribution in [3.8, 4) is 5.75 Å². The Balaban J connectivity index is 0.00000462. The largest absolute Gasteiger partial charge is 0.493 e. The first kappa shape index (κ1) is 32.2. The van der Waals surface area contributed by atoms with E-state index >= 15 is 0 Å². The number of piperidine rings is 1. The van der Waals surface area contributed by atoms with E-state index in [1.54, 1.807) is 18.7 Å². The summed E-state index contributed by atoms with van der Waals surface area (Å²) >= 11 is 0. The van der Waals surface area contributed by atoms with Crippen LogP contribution in [0.2, 0.25) is 0 Å². The van der Waals surface area contributed by atoms with Crippen LogP contribution in [0.4, 0.5) is 0 Å². The molecule has 4 rings (SSSR count).